The van der Waals surface area contributed by atoms with Gasteiger partial charge in [-0.05, 0) is 24.3 Å². The number of benzene rings is 1. The Bertz CT molecular complexity index is 344. The van der Waals surface area contributed by atoms with E-state index in [1.807, 2.05) is 30.3 Å². The molecule has 1 aliphatic rings. The van der Waals surface area contributed by atoms with Crippen molar-refractivity contribution < 1.29 is 4.79 Å². The number of carbonyl (C=O) groups is 1. The van der Waals surface area contributed by atoms with E-state index in [4.69, 9.17) is 5.73 Å². The van der Waals surface area contributed by atoms with Crippen LogP contribution in [-0.4, -0.2) is 18.5 Å². The average Bonchev–Trinajstić information content (AvgIpc) is 2.24. The molecule has 16 heavy (non-hydrogen) atoms. The summed E-state index contributed by atoms with van der Waals surface area (Å²) in [5, 5.41) is 2.96. The summed E-state index contributed by atoms with van der Waals surface area (Å²) in [6, 6.07) is 10.2. The molecule has 2 rings (SSSR count). The molecule has 0 atom stereocenters. The van der Waals surface area contributed by atoms with Gasteiger partial charge in [0.2, 0.25) is 5.91 Å². The quantitative estimate of drug-likeness (QED) is 0.794. The van der Waals surface area contributed by atoms with Crippen LogP contribution in [0.5, 0.6) is 0 Å². The molecule has 3 nitrogen and oxygen atoms in total. The van der Waals surface area contributed by atoms with Gasteiger partial charge in [-0.15, -0.1) is 0 Å². The van der Waals surface area contributed by atoms with E-state index < -0.39 is 0 Å². The number of hydrogen-bond acceptors (Lipinski definition) is 2. The van der Waals surface area contributed by atoms with Gasteiger partial charge in [-0.2, -0.15) is 0 Å². The van der Waals surface area contributed by atoms with Crippen molar-refractivity contribution in [2.75, 3.05) is 6.54 Å². The highest BCUT2D eigenvalue weighted by Crippen LogP contribution is 2.24. The second-order valence-electron chi connectivity index (χ2n) is 4.56. The average molecular weight is 218 g/mol. The zero-order chi connectivity index (χ0) is 11.4. The van der Waals surface area contributed by atoms with Crippen LogP contribution in [0.1, 0.15) is 18.4 Å². The molecule has 0 unspecified atom stereocenters. The third kappa shape index (κ3) is 3.07. The molecule has 1 saturated carbocycles. The fraction of sp³-hybridized carbons (Fsp3) is 0.462. The minimum absolute atomic E-state index is 0.103. The van der Waals surface area contributed by atoms with E-state index >= 15 is 0 Å². The predicted molar refractivity (Wildman–Crippen MR) is 63.9 cm³/mol. The van der Waals surface area contributed by atoms with Gasteiger partial charge in [-0.25, -0.2) is 0 Å². The summed E-state index contributed by atoms with van der Waals surface area (Å²) < 4.78 is 0. The summed E-state index contributed by atoms with van der Waals surface area (Å²) in [6.45, 7) is 0.777. The summed E-state index contributed by atoms with van der Waals surface area (Å²) in [4.78, 5) is 11.6. The van der Waals surface area contributed by atoms with Gasteiger partial charge in [0.05, 0.1) is 6.42 Å². The SMILES string of the molecule is NC1CC(CNC(=O)Cc2ccccc2)C1. The van der Waals surface area contributed by atoms with Crippen LogP contribution in [0.15, 0.2) is 30.3 Å². The molecule has 1 fully saturated rings. The van der Waals surface area contributed by atoms with E-state index in [-0.39, 0.29) is 5.91 Å². The minimum atomic E-state index is 0.103. The third-order valence-electron chi connectivity index (χ3n) is 3.07. The van der Waals surface area contributed by atoms with Gasteiger partial charge in [-0.1, -0.05) is 30.3 Å². The van der Waals surface area contributed by atoms with Crippen LogP contribution < -0.4 is 11.1 Å². The molecule has 1 aliphatic carbocycles. The summed E-state index contributed by atoms with van der Waals surface area (Å²) in [7, 11) is 0. The number of amides is 1. The molecule has 1 amide bonds. The zero-order valence-electron chi connectivity index (χ0n) is 9.36. The highest BCUT2D eigenvalue weighted by atomic mass is 16.1. The topological polar surface area (TPSA) is 55.1 Å². The van der Waals surface area contributed by atoms with E-state index in [9.17, 15) is 4.79 Å². The smallest absolute Gasteiger partial charge is 0.224 e. The molecule has 1 aromatic rings. The maximum Gasteiger partial charge on any atom is 0.224 e. The van der Waals surface area contributed by atoms with Gasteiger partial charge in [0.15, 0.2) is 0 Å². The molecule has 0 heterocycles. The van der Waals surface area contributed by atoms with Gasteiger partial charge < -0.3 is 11.1 Å². The first-order valence-electron chi connectivity index (χ1n) is 5.80. The molecule has 0 bridgehead atoms. The highest BCUT2D eigenvalue weighted by molar-refractivity contribution is 5.78. The lowest BCUT2D eigenvalue weighted by atomic mass is 9.81. The summed E-state index contributed by atoms with van der Waals surface area (Å²) in [5.41, 5.74) is 6.75. The van der Waals surface area contributed by atoms with Crippen molar-refractivity contribution in [3.8, 4) is 0 Å². The molecule has 3 N–H and O–H groups in total. The van der Waals surface area contributed by atoms with E-state index in [1.165, 1.54) is 0 Å². The normalized spacial score (nSPS) is 23.6. The molecule has 86 valence electrons. The standard InChI is InChI=1S/C13H18N2O/c14-12-6-11(7-12)9-15-13(16)8-10-4-2-1-3-5-10/h1-5,11-12H,6-9,14H2,(H,15,16). The van der Waals surface area contributed by atoms with Gasteiger partial charge in [-0.3, -0.25) is 4.79 Å². The summed E-state index contributed by atoms with van der Waals surface area (Å²) in [5.74, 6) is 0.696. The van der Waals surface area contributed by atoms with E-state index in [2.05, 4.69) is 5.32 Å². The van der Waals surface area contributed by atoms with Crippen LogP contribution in [0, 0.1) is 5.92 Å². The van der Waals surface area contributed by atoms with Crippen molar-refractivity contribution in [1.29, 1.82) is 0 Å². The van der Waals surface area contributed by atoms with Crippen LogP contribution in [-0.2, 0) is 11.2 Å². The van der Waals surface area contributed by atoms with Crippen molar-refractivity contribution in [2.45, 2.75) is 25.3 Å². The first-order valence-corrected chi connectivity index (χ1v) is 5.80. The lowest BCUT2D eigenvalue weighted by Gasteiger charge is -2.32. The minimum Gasteiger partial charge on any atom is -0.356 e. The van der Waals surface area contributed by atoms with Crippen LogP contribution in [0.2, 0.25) is 0 Å². The van der Waals surface area contributed by atoms with Crippen molar-refractivity contribution in [3.63, 3.8) is 0 Å². The van der Waals surface area contributed by atoms with Crippen molar-refractivity contribution in [1.82, 2.24) is 5.32 Å². The van der Waals surface area contributed by atoms with Crippen molar-refractivity contribution in [2.24, 2.45) is 11.7 Å². The molecule has 1 aromatic carbocycles. The maximum absolute atomic E-state index is 11.6. The molecule has 0 saturated heterocycles. The second-order valence-corrected chi connectivity index (χ2v) is 4.56. The number of rotatable bonds is 4. The Hall–Kier alpha value is -1.35. The maximum atomic E-state index is 11.6. The first kappa shape index (κ1) is 11.1. The highest BCUT2D eigenvalue weighted by Gasteiger charge is 2.25. The van der Waals surface area contributed by atoms with Crippen molar-refractivity contribution in [3.05, 3.63) is 35.9 Å². The first-order chi connectivity index (χ1) is 7.74. The number of nitrogens with one attached hydrogen (secondary N) is 1. The van der Waals surface area contributed by atoms with Gasteiger partial charge in [0.1, 0.15) is 0 Å². The van der Waals surface area contributed by atoms with Crippen LogP contribution in [0.4, 0.5) is 0 Å². The molecule has 0 spiro atoms. The zero-order valence-corrected chi connectivity index (χ0v) is 9.36. The van der Waals surface area contributed by atoms with E-state index in [1.54, 1.807) is 0 Å². The van der Waals surface area contributed by atoms with E-state index in [0.29, 0.717) is 18.4 Å². The molecular weight excluding hydrogens is 200 g/mol. The monoisotopic (exact) mass is 218 g/mol. The molecule has 0 aliphatic heterocycles. The van der Waals surface area contributed by atoms with Gasteiger partial charge in [0, 0.05) is 12.6 Å². The molecule has 3 heteroatoms. The Morgan fingerprint density at radius 2 is 2.00 bits per heavy atom. The largest absolute Gasteiger partial charge is 0.356 e. The van der Waals surface area contributed by atoms with Crippen LogP contribution in [0.3, 0.4) is 0 Å². The predicted octanol–water partition coefficient (Wildman–Crippen LogP) is 1.08. The van der Waals surface area contributed by atoms with Crippen LogP contribution >= 0.6 is 0 Å². The molecule has 0 radical (unpaired) electrons. The van der Waals surface area contributed by atoms with Gasteiger partial charge >= 0.3 is 0 Å². The number of nitrogens with two attached hydrogens (primary N) is 1. The number of hydrogen-bond donors (Lipinski definition) is 2. The Labute approximate surface area is 96.0 Å². The number of carbonyl (C=O) groups excluding carboxylic acids is 1. The van der Waals surface area contributed by atoms with Crippen molar-refractivity contribution >= 4 is 5.91 Å². The Balaban J connectivity index is 1.69. The summed E-state index contributed by atoms with van der Waals surface area (Å²) >= 11 is 0. The van der Waals surface area contributed by atoms with Gasteiger partial charge in [0.25, 0.3) is 0 Å². The molecule has 0 aromatic heterocycles. The lowest BCUT2D eigenvalue weighted by molar-refractivity contribution is -0.120. The third-order valence-corrected chi connectivity index (χ3v) is 3.07. The fourth-order valence-electron chi connectivity index (χ4n) is 2.06. The van der Waals surface area contributed by atoms with E-state index in [0.717, 1.165) is 24.9 Å². The lowest BCUT2D eigenvalue weighted by Crippen LogP contribution is -2.42. The molecular formula is C13H18N2O. The fourth-order valence-corrected chi connectivity index (χ4v) is 2.06. The Morgan fingerprint density at radius 1 is 1.31 bits per heavy atom. The second kappa shape index (κ2) is 5.12. The summed E-state index contributed by atoms with van der Waals surface area (Å²) in [6.07, 6.45) is 2.57. The Kier molecular flexibility index (Phi) is 3.57. The van der Waals surface area contributed by atoms with Crippen LogP contribution in [0.25, 0.3) is 0 Å². The Morgan fingerprint density at radius 3 is 2.62 bits per heavy atom.